The highest BCUT2D eigenvalue weighted by molar-refractivity contribution is 5.94. The second-order valence-electron chi connectivity index (χ2n) is 6.00. The lowest BCUT2D eigenvalue weighted by atomic mass is 10.0. The Labute approximate surface area is 138 Å². The van der Waals surface area contributed by atoms with Crippen LogP contribution in [0.2, 0.25) is 0 Å². The molecular formula is C17H19NO6. The van der Waals surface area contributed by atoms with Gasteiger partial charge in [-0.1, -0.05) is 0 Å². The first kappa shape index (κ1) is 16.5. The van der Waals surface area contributed by atoms with Gasteiger partial charge in [-0.05, 0) is 26.0 Å². The van der Waals surface area contributed by atoms with E-state index in [4.69, 9.17) is 9.15 Å². The lowest BCUT2D eigenvalue weighted by molar-refractivity contribution is 0.0517. The van der Waals surface area contributed by atoms with Crippen molar-refractivity contribution in [1.82, 2.24) is 0 Å². The first-order chi connectivity index (χ1) is 11.4. The molecule has 1 fully saturated rings. The van der Waals surface area contributed by atoms with E-state index in [-0.39, 0.29) is 33.6 Å². The molecule has 2 N–H and O–H groups in total. The van der Waals surface area contributed by atoms with Gasteiger partial charge in [0.1, 0.15) is 5.58 Å². The molecule has 0 bridgehead atoms. The van der Waals surface area contributed by atoms with Crippen LogP contribution in [0.5, 0.6) is 0 Å². The Morgan fingerprint density at radius 3 is 2.75 bits per heavy atom. The summed E-state index contributed by atoms with van der Waals surface area (Å²) in [4.78, 5) is 25.6. The van der Waals surface area contributed by atoms with E-state index in [9.17, 15) is 19.8 Å². The minimum absolute atomic E-state index is 0.0189. The van der Waals surface area contributed by atoms with Crippen molar-refractivity contribution < 1.29 is 24.2 Å². The molecule has 0 radical (unpaired) electrons. The summed E-state index contributed by atoms with van der Waals surface area (Å²) in [6.07, 6.45) is -0.945. The molecule has 1 saturated heterocycles. The number of hydrogen-bond acceptors (Lipinski definition) is 6. The molecule has 0 saturated carbocycles. The summed E-state index contributed by atoms with van der Waals surface area (Å²) in [7, 11) is 0. The molecule has 0 spiro atoms. The van der Waals surface area contributed by atoms with Gasteiger partial charge in [0.2, 0.25) is 0 Å². The number of carboxylic acids is 1. The average molecular weight is 333 g/mol. The van der Waals surface area contributed by atoms with Gasteiger partial charge < -0.3 is 24.3 Å². The Balaban J connectivity index is 2.19. The number of aliphatic hydroxyl groups is 1. The van der Waals surface area contributed by atoms with Crippen molar-refractivity contribution >= 4 is 22.8 Å². The molecule has 7 nitrogen and oxygen atoms in total. The molecule has 1 aromatic carbocycles. The highest BCUT2D eigenvalue weighted by Crippen LogP contribution is 2.28. The summed E-state index contributed by atoms with van der Waals surface area (Å²) >= 11 is 0. The van der Waals surface area contributed by atoms with Crippen LogP contribution in [0.1, 0.15) is 35.9 Å². The van der Waals surface area contributed by atoms with E-state index in [0.717, 1.165) is 0 Å². The van der Waals surface area contributed by atoms with E-state index in [1.165, 1.54) is 25.1 Å². The fourth-order valence-electron chi connectivity index (χ4n) is 2.88. The zero-order valence-corrected chi connectivity index (χ0v) is 13.5. The van der Waals surface area contributed by atoms with E-state index in [1.807, 2.05) is 11.8 Å². The summed E-state index contributed by atoms with van der Waals surface area (Å²) in [5.41, 5.74) is 0.107. The molecule has 24 heavy (non-hydrogen) atoms. The maximum atomic E-state index is 12.5. The average Bonchev–Trinajstić information content (AvgIpc) is 2.53. The molecule has 1 aliphatic rings. The van der Waals surface area contributed by atoms with Gasteiger partial charge in [0.05, 0.1) is 29.8 Å². The van der Waals surface area contributed by atoms with E-state index >= 15 is 0 Å². The normalized spacial score (nSPS) is 19.5. The lowest BCUT2D eigenvalue weighted by Crippen LogP contribution is -2.41. The molecule has 2 heterocycles. The standard InChI is InChI=1S/C17H19NO6/c1-9-8-18(3-4-23-9)15-7-14(20)13-6-11(17(21)22)5-12(10(2)19)16(13)24-15/h5-7,9-10,19H,3-4,8H2,1-2H3,(H,21,22)/t9-,10?/m1/s1. The quantitative estimate of drug-likeness (QED) is 0.883. The van der Waals surface area contributed by atoms with Crippen LogP contribution in [0, 0.1) is 0 Å². The second kappa shape index (κ2) is 6.26. The second-order valence-corrected chi connectivity index (χ2v) is 6.00. The lowest BCUT2D eigenvalue weighted by Gasteiger charge is -2.31. The highest BCUT2D eigenvalue weighted by Gasteiger charge is 2.22. The van der Waals surface area contributed by atoms with Gasteiger partial charge in [0, 0.05) is 24.7 Å². The van der Waals surface area contributed by atoms with Crippen LogP contribution in [0.4, 0.5) is 5.88 Å². The zero-order valence-electron chi connectivity index (χ0n) is 13.5. The molecule has 128 valence electrons. The number of nitrogens with zero attached hydrogens (tertiary/aromatic N) is 1. The van der Waals surface area contributed by atoms with Gasteiger partial charge >= 0.3 is 5.97 Å². The van der Waals surface area contributed by atoms with Crippen LogP contribution in [0.15, 0.2) is 27.4 Å². The maximum absolute atomic E-state index is 12.5. The van der Waals surface area contributed by atoms with Crippen LogP contribution in [0.3, 0.4) is 0 Å². The third kappa shape index (κ3) is 3.00. The molecule has 0 amide bonds. The zero-order chi connectivity index (χ0) is 17.4. The Hall–Kier alpha value is -2.38. The Kier molecular flexibility index (Phi) is 4.29. The number of carbonyl (C=O) groups is 1. The summed E-state index contributed by atoms with van der Waals surface area (Å²) in [6.45, 7) is 5.15. The third-order valence-electron chi connectivity index (χ3n) is 4.09. The van der Waals surface area contributed by atoms with Crippen LogP contribution < -0.4 is 10.3 Å². The molecule has 0 aliphatic carbocycles. The molecule has 7 heteroatoms. The number of rotatable bonds is 3. The molecular weight excluding hydrogens is 314 g/mol. The number of fused-ring (bicyclic) bond motifs is 1. The van der Waals surface area contributed by atoms with E-state index in [0.29, 0.717) is 25.6 Å². The smallest absolute Gasteiger partial charge is 0.335 e. The number of aromatic carboxylic acids is 1. The topological polar surface area (TPSA) is 100 Å². The van der Waals surface area contributed by atoms with Crippen LogP contribution in [-0.4, -0.2) is 42.0 Å². The van der Waals surface area contributed by atoms with Gasteiger partial charge in [-0.25, -0.2) is 4.79 Å². The Bertz CT molecular complexity index is 841. The van der Waals surface area contributed by atoms with Gasteiger partial charge in [-0.2, -0.15) is 0 Å². The largest absolute Gasteiger partial charge is 0.478 e. The first-order valence-corrected chi connectivity index (χ1v) is 7.76. The van der Waals surface area contributed by atoms with E-state index in [1.54, 1.807) is 0 Å². The Morgan fingerprint density at radius 1 is 1.38 bits per heavy atom. The summed E-state index contributed by atoms with van der Waals surface area (Å²) in [5, 5.41) is 19.3. The molecule has 1 aromatic heterocycles. The predicted molar refractivity (Wildman–Crippen MR) is 87.7 cm³/mol. The van der Waals surface area contributed by atoms with Crippen LogP contribution in [-0.2, 0) is 4.74 Å². The van der Waals surface area contributed by atoms with Crippen molar-refractivity contribution in [2.75, 3.05) is 24.6 Å². The third-order valence-corrected chi connectivity index (χ3v) is 4.09. The number of carboxylic acid groups (broad SMARTS) is 1. The molecule has 3 rings (SSSR count). The number of morpholine rings is 1. The maximum Gasteiger partial charge on any atom is 0.335 e. The van der Waals surface area contributed by atoms with Crippen molar-refractivity contribution in [2.24, 2.45) is 0 Å². The van der Waals surface area contributed by atoms with Crippen LogP contribution >= 0.6 is 0 Å². The van der Waals surface area contributed by atoms with Gasteiger partial charge in [-0.3, -0.25) is 4.79 Å². The van der Waals surface area contributed by atoms with Crippen molar-refractivity contribution in [3.8, 4) is 0 Å². The first-order valence-electron chi connectivity index (χ1n) is 7.76. The van der Waals surface area contributed by atoms with Gasteiger partial charge in [0.15, 0.2) is 11.3 Å². The fourth-order valence-corrected chi connectivity index (χ4v) is 2.88. The van der Waals surface area contributed by atoms with Crippen molar-refractivity contribution in [3.05, 3.63) is 39.5 Å². The monoisotopic (exact) mass is 333 g/mol. The Morgan fingerprint density at radius 2 is 2.12 bits per heavy atom. The number of anilines is 1. The molecule has 1 aliphatic heterocycles. The number of aliphatic hydroxyl groups excluding tert-OH is 1. The van der Waals surface area contributed by atoms with Gasteiger partial charge in [-0.15, -0.1) is 0 Å². The molecule has 2 aromatic rings. The SMILES string of the molecule is CC(O)c1cc(C(=O)O)cc2c(=O)cc(N3CCO[C@H](C)C3)oc12. The number of hydrogen-bond donors (Lipinski definition) is 2. The minimum Gasteiger partial charge on any atom is -0.478 e. The van der Waals surface area contributed by atoms with Gasteiger partial charge in [0.25, 0.3) is 0 Å². The number of benzene rings is 1. The van der Waals surface area contributed by atoms with Crippen molar-refractivity contribution in [3.63, 3.8) is 0 Å². The fraction of sp³-hybridized carbons (Fsp3) is 0.412. The van der Waals surface area contributed by atoms with Crippen molar-refractivity contribution in [2.45, 2.75) is 26.1 Å². The number of ether oxygens (including phenoxy) is 1. The minimum atomic E-state index is -1.16. The summed E-state index contributed by atoms with van der Waals surface area (Å²) in [6, 6.07) is 3.98. The summed E-state index contributed by atoms with van der Waals surface area (Å²) in [5.74, 6) is -0.767. The molecule has 1 unspecified atom stereocenters. The van der Waals surface area contributed by atoms with Crippen molar-refractivity contribution in [1.29, 1.82) is 0 Å². The summed E-state index contributed by atoms with van der Waals surface area (Å²) < 4.78 is 11.4. The predicted octanol–water partition coefficient (Wildman–Crippen LogP) is 1.77. The van der Waals surface area contributed by atoms with Crippen LogP contribution in [0.25, 0.3) is 11.0 Å². The molecule has 2 atom stereocenters. The highest BCUT2D eigenvalue weighted by atomic mass is 16.5. The van der Waals surface area contributed by atoms with E-state index in [2.05, 4.69) is 0 Å². The van der Waals surface area contributed by atoms with E-state index < -0.39 is 12.1 Å².